The molecule has 0 aliphatic carbocycles. The molecule has 136 valence electrons. The second-order valence-corrected chi connectivity index (χ2v) is 7.25. The summed E-state index contributed by atoms with van der Waals surface area (Å²) in [6, 6.07) is 9.92. The lowest BCUT2D eigenvalue weighted by atomic mass is 10.1. The number of ketones is 1. The molecule has 26 heavy (non-hydrogen) atoms. The first-order chi connectivity index (χ1) is 12.5. The minimum absolute atomic E-state index is 0.0619. The summed E-state index contributed by atoms with van der Waals surface area (Å²) in [7, 11) is 0. The van der Waals surface area contributed by atoms with Crippen LogP contribution in [0.25, 0.3) is 0 Å². The SMILES string of the molecule is CC(=O)c1cccc(NC(=O)N2CCC[C@@H]2C(=O)NCc2cccs2)c1. The van der Waals surface area contributed by atoms with Crippen LogP contribution in [-0.2, 0) is 11.3 Å². The Morgan fingerprint density at radius 3 is 2.81 bits per heavy atom. The number of hydrogen-bond acceptors (Lipinski definition) is 4. The van der Waals surface area contributed by atoms with Gasteiger partial charge in [-0.25, -0.2) is 4.79 Å². The van der Waals surface area contributed by atoms with Crippen LogP contribution in [0.1, 0.15) is 35.0 Å². The molecule has 1 atom stereocenters. The maximum absolute atomic E-state index is 12.6. The summed E-state index contributed by atoms with van der Waals surface area (Å²) in [4.78, 5) is 39.2. The van der Waals surface area contributed by atoms with E-state index in [1.165, 1.54) is 6.92 Å². The molecule has 0 bridgehead atoms. The molecule has 3 rings (SSSR count). The maximum atomic E-state index is 12.6. The van der Waals surface area contributed by atoms with Crippen LogP contribution in [0, 0.1) is 0 Å². The zero-order chi connectivity index (χ0) is 18.5. The molecule has 1 aromatic heterocycles. The quantitative estimate of drug-likeness (QED) is 0.792. The van der Waals surface area contributed by atoms with E-state index in [2.05, 4.69) is 10.6 Å². The van der Waals surface area contributed by atoms with Crippen LogP contribution in [0.4, 0.5) is 10.5 Å². The van der Waals surface area contributed by atoms with E-state index in [0.29, 0.717) is 30.8 Å². The Bertz CT molecular complexity index is 804. The summed E-state index contributed by atoms with van der Waals surface area (Å²) >= 11 is 1.58. The van der Waals surface area contributed by atoms with Gasteiger partial charge in [-0.15, -0.1) is 11.3 Å². The molecule has 1 fully saturated rings. The minimum Gasteiger partial charge on any atom is -0.349 e. The molecule has 0 radical (unpaired) electrons. The average Bonchev–Trinajstić information content (AvgIpc) is 3.31. The van der Waals surface area contributed by atoms with Crippen LogP contribution >= 0.6 is 11.3 Å². The number of anilines is 1. The minimum atomic E-state index is -0.467. The van der Waals surface area contributed by atoms with Gasteiger partial charge in [-0.1, -0.05) is 18.2 Å². The van der Waals surface area contributed by atoms with Crippen molar-refractivity contribution in [3.8, 4) is 0 Å². The lowest BCUT2D eigenvalue weighted by Crippen LogP contribution is -2.47. The number of hydrogen-bond donors (Lipinski definition) is 2. The largest absolute Gasteiger partial charge is 0.349 e. The van der Waals surface area contributed by atoms with Gasteiger partial charge in [-0.2, -0.15) is 0 Å². The third kappa shape index (κ3) is 4.29. The number of carbonyl (C=O) groups is 3. The molecule has 7 heteroatoms. The number of carbonyl (C=O) groups excluding carboxylic acids is 3. The highest BCUT2D eigenvalue weighted by Gasteiger charge is 2.34. The Kier molecular flexibility index (Phi) is 5.68. The van der Waals surface area contributed by atoms with Crippen molar-refractivity contribution in [1.82, 2.24) is 10.2 Å². The van der Waals surface area contributed by atoms with Gasteiger partial charge in [0.15, 0.2) is 5.78 Å². The van der Waals surface area contributed by atoms with Crippen molar-refractivity contribution in [3.63, 3.8) is 0 Å². The first-order valence-electron chi connectivity index (χ1n) is 8.53. The van der Waals surface area contributed by atoms with E-state index in [0.717, 1.165) is 11.3 Å². The molecular weight excluding hydrogens is 350 g/mol. The molecule has 2 N–H and O–H groups in total. The number of Topliss-reactive ketones (excluding diaryl/α,β-unsaturated/α-hetero) is 1. The summed E-state index contributed by atoms with van der Waals surface area (Å²) in [6.07, 6.45) is 1.44. The molecule has 2 aromatic rings. The first-order valence-corrected chi connectivity index (χ1v) is 9.41. The highest BCUT2D eigenvalue weighted by atomic mass is 32.1. The van der Waals surface area contributed by atoms with Gasteiger partial charge in [-0.05, 0) is 43.3 Å². The fraction of sp³-hybridized carbons (Fsp3) is 0.316. The lowest BCUT2D eigenvalue weighted by molar-refractivity contribution is -0.124. The van der Waals surface area contributed by atoms with Gasteiger partial charge in [0.1, 0.15) is 6.04 Å². The molecule has 3 amide bonds. The van der Waals surface area contributed by atoms with Crippen LogP contribution in [-0.4, -0.2) is 35.2 Å². The van der Waals surface area contributed by atoms with Gasteiger partial charge >= 0.3 is 6.03 Å². The number of nitrogens with zero attached hydrogens (tertiary/aromatic N) is 1. The van der Waals surface area contributed by atoms with Crippen LogP contribution in [0.15, 0.2) is 41.8 Å². The topological polar surface area (TPSA) is 78.5 Å². The van der Waals surface area contributed by atoms with Gasteiger partial charge in [0.05, 0.1) is 6.54 Å². The molecule has 1 aliphatic heterocycles. The van der Waals surface area contributed by atoms with E-state index in [1.54, 1.807) is 40.5 Å². The van der Waals surface area contributed by atoms with E-state index in [4.69, 9.17) is 0 Å². The van der Waals surface area contributed by atoms with Gasteiger partial charge in [-0.3, -0.25) is 9.59 Å². The number of nitrogens with one attached hydrogen (secondary N) is 2. The monoisotopic (exact) mass is 371 g/mol. The molecule has 0 unspecified atom stereocenters. The Balaban J connectivity index is 1.61. The smallest absolute Gasteiger partial charge is 0.322 e. The molecule has 6 nitrogen and oxygen atoms in total. The first kappa shape index (κ1) is 18.1. The van der Waals surface area contributed by atoms with Gasteiger partial charge in [0.2, 0.25) is 5.91 Å². The van der Waals surface area contributed by atoms with Crippen molar-refractivity contribution in [3.05, 3.63) is 52.2 Å². The van der Waals surface area contributed by atoms with Gasteiger partial charge in [0, 0.05) is 22.7 Å². The molecule has 1 saturated heterocycles. The average molecular weight is 371 g/mol. The van der Waals surface area contributed by atoms with Crippen molar-refractivity contribution in [1.29, 1.82) is 0 Å². The highest BCUT2D eigenvalue weighted by molar-refractivity contribution is 7.09. The summed E-state index contributed by atoms with van der Waals surface area (Å²) < 4.78 is 0. The summed E-state index contributed by atoms with van der Waals surface area (Å²) in [5.74, 6) is -0.198. The van der Waals surface area contributed by atoms with Crippen molar-refractivity contribution in [2.24, 2.45) is 0 Å². The molecule has 1 aromatic carbocycles. The normalized spacial score (nSPS) is 16.3. The summed E-state index contributed by atoms with van der Waals surface area (Å²) in [5, 5.41) is 7.66. The lowest BCUT2D eigenvalue weighted by Gasteiger charge is -2.24. The second-order valence-electron chi connectivity index (χ2n) is 6.22. The predicted molar refractivity (Wildman–Crippen MR) is 101 cm³/mol. The fourth-order valence-electron chi connectivity index (χ4n) is 3.00. The third-order valence-corrected chi connectivity index (χ3v) is 5.23. The molecule has 0 saturated carbocycles. The Morgan fingerprint density at radius 2 is 2.08 bits per heavy atom. The Morgan fingerprint density at radius 1 is 1.23 bits per heavy atom. The van der Waals surface area contributed by atoms with E-state index in [-0.39, 0.29) is 17.7 Å². The second kappa shape index (κ2) is 8.14. The van der Waals surface area contributed by atoms with E-state index in [9.17, 15) is 14.4 Å². The van der Waals surface area contributed by atoms with Crippen molar-refractivity contribution in [2.45, 2.75) is 32.4 Å². The van der Waals surface area contributed by atoms with Crippen LogP contribution in [0.2, 0.25) is 0 Å². The maximum Gasteiger partial charge on any atom is 0.322 e. The number of benzene rings is 1. The van der Waals surface area contributed by atoms with E-state index in [1.807, 2.05) is 17.5 Å². The highest BCUT2D eigenvalue weighted by Crippen LogP contribution is 2.20. The molecule has 0 spiro atoms. The van der Waals surface area contributed by atoms with E-state index < -0.39 is 6.04 Å². The zero-order valence-electron chi connectivity index (χ0n) is 14.5. The zero-order valence-corrected chi connectivity index (χ0v) is 15.3. The molecule has 2 heterocycles. The fourth-order valence-corrected chi connectivity index (χ4v) is 3.64. The van der Waals surface area contributed by atoms with Crippen molar-refractivity contribution < 1.29 is 14.4 Å². The summed E-state index contributed by atoms with van der Waals surface area (Å²) in [5.41, 5.74) is 1.09. The predicted octanol–water partition coefficient (Wildman–Crippen LogP) is 3.26. The van der Waals surface area contributed by atoms with E-state index >= 15 is 0 Å². The Hall–Kier alpha value is -2.67. The standard InChI is InChI=1S/C19H21N3O3S/c1-13(23)14-5-2-6-15(11-14)21-19(25)22-9-3-8-17(22)18(24)20-12-16-7-4-10-26-16/h2,4-7,10-11,17H,3,8-9,12H2,1H3,(H,20,24)(H,21,25)/t17-/m1/s1. The van der Waals surface area contributed by atoms with Crippen LogP contribution in [0.5, 0.6) is 0 Å². The Labute approximate surface area is 156 Å². The molecule has 1 aliphatic rings. The van der Waals surface area contributed by atoms with Crippen LogP contribution in [0.3, 0.4) is 0 Å². The third-order valence-electron chi connectivity index (χ3n) is 4.35. The molecular formula is C19H21N3O3S. The van der Waals surface area contributed by atoms with Gasteiger partial charge in [0.25, 0.3) is 0 Å². The van der Waals surface area contributed by atoms with Crippen molar-refractivity contribution >= 4 is 34.7 Å². The summed E-state index contributed by atoms with van der Waals surface area (Å²) in [6.45, 7) is 2.49. The number of rotatable bonds is 5. The van der Waals surface area contributed by atoms with Crippen molar-refractivity contribution in [2.75, 3.05) is 11.9 Å². The number of thiophene rings is 1. The number of likely N-dealkylation sites (tertiary alicyclic amines) is 1. The van der Waals surface area contributed by atoms with Gasteiger partial charge < -0.3 is 15.5 Å². The number of urea groups is 1. The number of amides is 3. The van der Waals surface area contributed by atoms with Crippen LogP contribution < -0.4 is 10.6 Å².